The molecule has 0 bridgehead atoms. The number of unbranched alkanes of at least 4 members (excludes halogenated alkanes) is 21. The van der Waals surface area contributed by atoms with Crippen LogP contribution in [0.2, 0.25) is 0 Å². The van der Waals surface area contributed by atoms with Gasteiger partial charge in [-0.3, -0.25) is 14.1 Å². The smallest absolute Gasteiger partial charge is 0.306 e. The summed E-state index contributed by atoms with van der Waals surface area (Å²) in [5.74, 6) is -2.02. The minimum atomic E-state index is -4.61. The van der Waals surface area contributed by atoms with Gasteiger partial charge in [-0.1, -0.05) is 178 Å². The van der Waals surface area contributed by atoms with Gasteiger partial charge in [0.1, 0.15) is 36.8 Å². The van der Waals surface area contributed by atoms with Gasteiger partial charge >= 0.3 is 11.9 Å². The molecule has 0 saturated carbocycles. The fourth-order valence-corrected chi connectivity index (χ4v) is 8.00. The summed E-state index contributed by atoms with van der Waals surface area (Å²) in [5, 5.41) is 30.9. The molecule has 0 amide bonds. The Hall–Kier alpha value is -2.39. The van der Waals surface area contributed by atoms with Gasteiger partial charge in [0.2, 0.25) is 0 Å². The minimum Gasteiger partial charge on any atom is -0.462 e. The third-order valence-corrected chi connectivity index (χ3v) is 11.9. The Morgan fingerprint density at radius 1 is 0.540 bits per heavy atom. The first kappa shape index (κ1) is 58.6. The predicted octanol–water partition coefficient (Wildman–Crippen LogP) is 10.7. The zero-order valence-corrected chi connectivity index (χ0v) is 40.0. The van der Waals surface area contributed by atoms with Crippen LogP contribution in [0.15, 0.2) is 48.6 Å². The summed E-state index contributed by atoms with van der Waals surface area (Å²) in [6.45, 7) is 3.72. The van der Waals surface area contributed by atoms with E-state index in [1.165, 1.54) is 103 Å². The molecule has 63 heavy (non-hydrogen) atoms. The van der Waals surface area contributed by atoms with E-state index >= 15 is 0 Å². The van der Waals surface area contributed by atoms with Crippen LogP contribution < -0.4 is 0 Å². The Morgan fingerprint density at radius 3 is 1.44 bits per heavy atom. The SMILES string of the molecule is CCCCC/C=C/C/C=C/C/C=C/C/C=C/CCCCCC(=O)OC[C@H](CO[C@H]1O[C@H](CS(=O)(=O)O)[C@@H](O)C(O)C1O)OC(=O)CCCCCCCCCCCCCCCCCC. The number of esters is 2. The molecule has 13 heteroatoms. The fraction of sp³-hybridized carbons (Fsp3) is 0.800. The van der Waals surface area contributed by atoms with Gasteiger partial charge in [0, 0.05) is 12.8 Å². The number of carbonyl (C=O) groups is 2. The van der Waals surface area contributed by atoms with Crippen molar-refractivity contribution >= 4 is 22.1 Å². The van der Waals surface area contributed by atoms with Crippen LogP contribution >= 0.6 is 0 Å². The average Bonchev–Trinajstić information content (AvgIpc) is 3.25. The molecular formula is C50H88O12S. The molecule has 0 aromatic carbocycles. The van der Waals surface area contributed by atoms with Gasteiger partial charge in [0.25, 0.3) is 10.1 Å². The van der Waals surface area contributed by atoms with Gasteiger partial charge in [-0.2, -0.15) is 8.42 Å². The van der Waals surface area contributed by atoms with Gasteiger partial charge < -0.3 is 34.3 Å². The zero-order chi connectivity index (χ0) is 46.2. The average molecular weight is 913 g/mol. The molecule has 1 heterocycles. The van der Waals surface area contributed by atoms with Crippen molar-refractivity contribution in [3.63, 3.8) is 0 Å². The molecule has 6 atom stereocenters. The van der Waals surface area contributed by atoms with Crippen molar-refractivity contribution in [2.24, 2.45) is 0 Å². The largest absolute Gasteiger partial charge is 0.462 e. The number of aliphatic hydroxyl groups excluding tert-OH is 3. The molecular weight excluding hydrogens is 825 g/mol. The first-order valence-electron chi connectivity index (χ1n) is 24.7. The van der Waals surface area contributed by atoms with Crippen molar-refractivity contribution in [2.75, 3.05) is 19.0 Å². The van der Waals surface area contributed by atoms with Crippen LogP contribution in [-0.4, -0.2) is 96.0 Å². The normalized spacial score (nSPS) is 20.1. The summed E-state index contributed by atoms with van der Waals surface area (Å²) < 4.78 is 54.1. The Kier molecular flexibility index (Phi) is 37.2. The molecule has 0 aliphatic carbocycles. The summed E-state index contributed by atoms with van der Waals surface area (Å²) in [4.78, 5) is 25.5. The van der Waals surface area contributed by atoms with E-state index in [1.54, 1.807) is 0 Å². The lowest BCUT2D eigenvalue weighted by atomic mass is 10.00. The van der Waals surface area contributed by atoms with Gasteiger partial charge in [0.15, 0.2) is 12.4 Å². The summed E-state index contributed by atoms with van der Waals surface area (Å²) in [5.41, 5.74) is 0. The molecule has 0 aromatic rings. The number of ether oxygens (including phenoxy) is 4. The van der Waals surface area contributed by atoms with Crippen molar-refractivity contribution in [3.8, 4) is 0 Å². The van der Waals surface area contributed by atoms with Crippen molar-refractivity contribution < 1.29 is 56.8 Å². The number of allylic oxidation sites excluding steroid dienone is 8. The number of carbonyl (C=O) groups excluding carboxylic acids is 2. The van der Waals surface area contributed by atoms with Crippen LogP contribution in [-0.2, 0) is 38.7 Å². The molecule has 2 unspecified atom stereocenters. The van der Waals surface area contributed by atoms with Gasteiger partial charge in [-0.15, -0.1) is 0 Å². The molecule has 1 aliphatic rings. The highest BCUT2D eigenvalue weighted by Gasteiger charge is 2.46. The molecule has 1 fully saturated rings. The van der Waals surface area contributed by atoms with Crippen LogP contribution in [0.4, 0.5) is 0 Å². The van der Waals surface area contributed by atoms with E-state index in [0.29, 0.717) is 12.8 Å². The minimum absolute atomic E-state index is 0.159. The predicted molar refractivity (Wildman–Crippen MR) is 252 cm³/mol. The third-order valence-electron chi connectivity index (χ3n) is 11.2. The number of rotatable bonds is 41. The highest BCUT2D eigenvalue weighted by Crippen LogP contribution is 2.24. The summed E-state index contributed by atoms with van der Waals surface area (Å²) in [6.07, 6.45) is 38.6. The standard InChI is InChI=1S/C50H88O12S/c1-3-5-7-9-11-13-15-17-19-21-22-23-25-26-28-30-32-34-36-38-45(51)59-40-43(41-60-50-49(55)48(54)47(53)44(62-50)42-63(56,57)58)61-46(52)39-37-35-33-31-29-27-24-20-18-16-14-12-10-8-6-4-2/h11,13,17,19,22-23,26,28,43-44,47-50,53-55H,3-10,12,14-16,18,20-21,24-25,27,29-42H2,1-2H3,(H,56,57,58)/b13-11+,19-17+,23-22+,28-26+/t43-,44-,47-,48?,49?,50+/m1/s1. The van der Waals surface area contributed by atoms with E-state index in [1.807, 2.05) is 0 Å². The van der Waals surface area contributed by atoms with Crippen LogP contribution in [0, 0.1) is 0 Å². The monoisotopic (exact) mass is 913 g/mol. The molecule has 0 aromatic heterocycles. The van der Waals surface area contributed by atoms with E-state index < -0.39 is 71.2 Å². The summed E-state index contributed by atoms with van der Waals surface area (Å²) in [7, 11) is -4.61. The van der Waals surface area contributed by atoms with Crippen LogP contribution in [0.25, 0.3) is 0 Å². The number of hydrogen-bond acceptors (Lipinski definition) is 11. The second-order valence-electron chi connectivity index (χ2n) is 17.1. The van der Waals surface area contributed by atoms with E-state index in [0.717, 1.165) is 57.8 Å². The molecule has 1 saturated heterocycles. The highest BCUT2D eigenvalue weighted by atomic mass is 32.2. The molecule has 12 nitrogen and oxygen atoms in total. The van der Waals surface area contributed by atoms with Crippen molar-refractivity contribution in [1.82, 2.24) is 0 Å². The van der Waals surface area contributed by atoms with Crippen molar-refractivity contribution in [1.29, 1.82) is 0 Å². The Labute approximate surface area is 382 Å². The van der Waals surface area contributed by atoms with Gasteiger partial charge in [-0.05, 0) is 57.8 Å². The van der Waals surface area contributed by atoms with E-state index in [4.69, 9.17) is 18.9 Å². The van der Waals surface area contributed by atoms with Crippen LogP contribution in [0.3, 0.4) is 0 Å². The molecule has 4 N–H and O–H groups in total. The van der Waals surface area contributed by atoms with Crippen molar-refractivity contribution in [3.05, 3.63) is 48.6 Å². The lowest BCUT2D eigenvalue weighted by Crippen LogP contribution is -2.60. The summed E-state index contributed by atoms with van der Waals surface area (Å²) >= 11 is 0. The van der Waals surface area contributed by atoms with Gasteiger partial charge in [-0.25, -0.2) is 0 Å². The molecule has 1 aliphatic heterocycles. The number of hydrogen-bond donors (Lipinski definition) is 4. The van der Waals surface area contributed by atoms with Crippen LogP contribution in [0.5, 0.6) is 0 Å². The van der Waals surface area contributed by atoms with Crippen molar-refractivity contribution in [2.45, 2.75) is 237 Å². The quantitative estimate of drug-likeness (QED) is 0.0197. The molecule has 0 radical (unpaired) electrons. The number of aliphatic hydroxyl groups is 3. The zero-order valence-electron chi connectivity index (χ0n) is 39.2. The second-order valence-corrected chi connectivity index (χ2v) is 18.6. The Morgan fingerprint density at radius 2 is 0.952 bits per heavy atom. The highest BCUT2D eigenvalue weighted by molar-refractivity contribution is 7.85. The Bertz CT molecular complexity index is 1350. The lowest BCUT2D eigenvalue weighted by molar-refractivity contribution is -0.297. The molecule has 1 rings (SSSR count). The fourth-order valence-electron chi connectivity index (χ4n) is 7.31. The molecule has 366 valence electrons. The molecule has 0 spiro atoms. The summed E-state index contributed by atoms with van der Waals surface area (Å²) in [6, 6.07) is 0. The maximum absolute atomic E-state index is 12.8. The third kappa shape index (κ3) is 34.6. The lowest BCUT2D eigenvalue weighted by Gasteiger charge is -2.40. The van der Waals surface area contributed by atoms with E-state index in [2.05, 4.69) is 62.5 Å². The topological polar surface area (TPSA) is 186 Å². The second kappa shape index (κ2) is 39.9. The maximum atomic E-state index is 12.8. The maximum Gasteiger partial charge on any atom is 0.306 e. The van der Waals surface area contributed by atoms with Gasteiger partial charge in [0.05, 0.1) is 6.61 Å². The Balaban J connectivity index is 2.43. The first-order chi connectivity index (χ1) is 30.5. The van der Waals surface area contributed by atoms with E-state index in [9.17, 15) is 37.9 Å². The first-order valence-corrected chi connectivity index (χ1v) is 26.3. The van der Waals surface area contributed by atoms with E-state index in [-0.39, 0.29) is 19.4 Å². The van der Waals surface area contributed by atoms with Crippen LogP contribution in [0.1, 0.15) is 200 Å².